The van der Waals surface area contributed by atoms with E-state index in [1.807, 2.05) is 61.0 Å². The molecule has 2 aliphatic rings. The van der Waals surface area contributed by atoms with E-state index in [9.17, 15) is 4.79 Å². The number of allylic oxidation sites excluding steroid dienone is 5. The summed E-state index contributed by atoms with van der Waals surface area (Å²) >= 11 is 0. The van der Waals surface area contributed by atoms with Gasteiger partial charge in [-0.2, -0.15) is 0 Å². The first-order valence-corrected chi connectivity index (χ1v) is 7.17. The van der Waals surface area contributed by atoms with E-state index in [-0.39, 0.29) is 0 Å². The number of hydrogen-bond acceptors (Lipinski definition) is 4. The number of carbonyl (C=O) groups is 1. The third-order valence-electron chi connectivity index (χ3n) is 3.47. The lowest BCUT2D eigenvalue weighted by molar-refractivity contribution is -0.136. The number of oxime groups is 1. The van der Waals surface area contributed by atoms with Crippen molar-refractivity contribution in [2.45, 2.75) is 6.92 Å². The van der Waals surface area contributed by atoms with Crippen LogP contribution in [0.3, 0.4) is 0 Å². The van der Waals surface area contributed by atoms with Gasteiger partial charge in [0.25, 0.3) is 0 Å². The van der Waals surface area contributed by atoms with Gasteiger partial charge in [0.1, 0.15) is 5.71 Å². The van der Waals surface area contributed by atoms with Gasteiger partial charge in [0.15, 0.2) is 0 Å². The molecule has 22 heavy (non-hydrogen) atoms. The molecule has 2 heterocycles. The van der Waals surface area contributed by atoms with Crippen molar-refractivity contribution in [3.05, 3.63) is 83.7 Å². The van der Waals surface area contributed by atoms with Crippen molar-refractivity contribution >= 4 is 11.7 Å². The Bertz CT molecular complexity index is 709. The van der Waals surface area contributed by atoms with Gasteiger partial charge in [-0.1, -0.05) is 41.6 Å². The summed E-state index contributed by atoms with van der Waals surface area (Å²) in [6.45, 7) is 3.01. The van der Waals surface area contributed by atoms with Crippen LogP contribution in [0.4, 0.5) is 0 Å². The average molecular weight is 292 g/mol. The van der Waals surface area contributed by atoms with E-state index in [0.29, 0.717) is 11.3 Å². The first-order valence-electron chi connectivity index (χ1n) is 7.17. The zero-order valence-electron chi connectivity index (χ0n) is 12.3. The van der Waals surface area contributed by atoms with Crippen LogP contribution in [-0.4, -0.2) is 23.1 Å². The Labute approximate surface area is 129 Å². The summed E-state index contributed by atoms with van der Waals surface area (Å²) < 4.78 is 0. The Kier molecular flexibility index (Phi) is 4.01. The molecular formula is C18H16N2O2. The maximum atomic E-state index is 11.9. The topological polar surface area (TPSA) is 41.9 Å². The molecule has 0 amide bonds. The van der Waals surface area contributed by atoms with Crippen molar-refractivity contribution in [3.63, 3.8) is 0 Å². The maximum Gasteiger partial charge on any atom is 0.368 e. The third-order valence-corrected chi connectivity index (χ3v) is 3.47. The largest absolute Gasteiger partial charge is 0.368 e. The number of nitrogens with zero attached hydrogens (tertiary/aromatic N) is 2. The van der Waals surface area contributed by atoms with Crippen LogP contribution in [0.15, 0.2) is 83.3 Å². The van der Waals surface area contributed by atoms with Crippen LogP contribution in [0.2, 0.25) is 0 Å². The van der Waals surface area contributed by atoms with Gasteiger partial charge in [0.2, 0.25) is 0 Å². The van der Waals surface area contributed by atoms with Gasteiger partial charge < -0.3 is 9.74 Å². The first kappa shape index (κ1) is 14.1. The van der Waals surface area contributed by atoms with E-state index in [1.165, 1.54) is 0 Å². The van der Waals surface area contributed by atoms with Gasteiger partial charge in [-0.15, -0.1) is 0 Å². The Balaban J connectivity index is 1.85. The minimum absolute atomic E-state index is 0.422. The highest BCUT2D eigenvalue weighted by molar-refractivity contribution is 6.28. The van der Waals surface area contributed by atoms with E-state index in [1.54, 1.807) is 6.08 Å². The van der Waals surface area contributed by atoms with Crippen LogP contribution < -0.4 is 0 Å². The van der Waals surface area contributed by atoms with Gasteiger partial charge in [-0.25, -0.2) is 4.79 Å². The van der Waals surface area contributed by atoms with E-state index in [2.05, 4.69) is 17.0 Å². The van der Waals surface area contributed by atoms with Crippen molar-refractivity contribution in [2.75, 3.05) is 6.54 Å². The Morgan fingerprint density at radius 2 is 1.86 bits per heavy atom. The summed E-state index contributed by atoms with van der Waals surface area (Å²) in [7, 11) is 0. The molecule has 1 aromatic rings. The van der Waals surface area contributed by atoms with Gasteiger partial charge in [-0.05, 0) is 30.7 Å². The minimum atomic E-state index is -0.422. The average Bonchev–Trinajstić information content (AvgIpc) is 2.95. The van der Waals surface area contributed by atoms with Crippen molar-refractivity contribution in [1.29, 1.82) is 0 Å². The lowest BCUT2D eigenvalue weighted by Gasteiger charge is -2.15. The zero-order valence-corrected chi connectivity index (χ0v) is 12.3. The summed E-state index contributed by atoms with van der Waals surface area (Å²) in [5.74, 6) is -0.422. The number of hydrogen-bond donors (Lipinski definition) is 0. The smallest absolute Gasteiger partial charge is 0.354 e. The van der Waals surface area contributed by atoms with Crippen molar-refractivity contribution < 1.29 is 9.63 Å². The second kappa shape index (κ2) is 6.26. The SMILES string of the molecule is CCN1C=CC(=C/C=C2\C(=O)ON=C2c2ccccc2)C=C1. The van der Waals surface area contributed by atoms with Gasteiger partial charge >= 0.3 is 5.97 Å². The van der Waals surface area contributed by atoms with E-state index in [0.717, 1.165) is 17.7 Å². The van der Waals surface area contributed by atoms with Gasteiger partial charge in [-0.3, -0.25) is 0 Å². The molecule has 1 aromatic carbocycles. The summed E-state index contributed by atoms with van der Waals surface area (Å²) in [4.78, 5) is 18.7. The lowest BCUT2D eigenvalue weighted by atomic mass is 10.0. The summed E-state index contributed by atoms with van der Waals surface area (Å²) in [5, 5.41) is 3.88. The van der Waals surface area contributed by atoms with Gasteiger partial charge in [0.05, 0.1) is 5.57 Å². The molecule has 0 saturated carbocycles. The van der Waals surface area contributed by atoms with Crippen molar-refractivity contribution in [2.24, 2.45) is 5.16 Å². The lowest BCUT2D eigenvalue weighted by Crippen LogP contribution is -2.10. The molecule has 3 rings (SSSR count). The highest BCUT2D eigenvalue weighted by Gasteiger charge is 2.25. The zero-order chi connectivity index (χ0) is 15.4. The molecule has 0 aromatic heterocycles. The molecule has 4 nitrogen and oxygen atoms in total. The molecule has 2 aliphatic heterocycles. The summed E-state index contributed by atoms with van der Waals surface area (Å²) in [5.41, 5.74) is 2.93. The number of benzene rings is 1. The van der Waals surface area contributed by atoms with Gasteiger partial charge in [0, 0.05) is 24.5 Å². The molecule has 0 fully saturated rings. The fourth-order valence-electron chi connectivity index (χ4n) is 2.20. The molecule has 0 saturated heterocycles. The minimum Gasteiger partial charge on any atom is -0.354 e. The molecule has 0 bridgehead atoms. The molecule has 0 N–H and O–H groups in total. The highest BCUT2D eigenvalue weighted by Crippen LogP contribution is 2.19. The molecule has 4 heteroatoms. The first-order chi connectivity index (χ1) is 10.8. The second-order valence-corrected chi connectivity index (χ2v) is 4.89. The third kappa shape index (κ3) is 2.91. The monoisotopic (exact) mass is 292 g/mol. The van der Waals surface area contributed by atoms with Crippen LogP contribution in [0.5, 0.6) is 0 Å². The predicted molar refractivity (Wildman–Crippen MR) is 85.9 cm³/mol. The highest BCUT2D eigenvalue weighted by atomic mass is 16.7. The van der Waals surface area contributed by atoms with Crippen LogP contribution in [0, 0.1) is 0 Å². The number of rotatable bonds is 3. The summed E-state index contributed by atoms with van der Waals surface area (Å²) in [6, 6.07) is 9.54. The Morgan fingerprint density at radius 1 is 1.14 bits per heavy atom. The predicted octanol–water partition coefficient (Wildman–Crippen LogP) is 3.16. The van der Waals surface area contributed by atoms with E-state index < -0.39 is 5.97 Å². The van der Waals surface area contributed by atoms with Crippen molar-refractivity contribution in [3.8, 4) is 0 Å². The fraction of sp³-hybridized carbons (Fsp3) is 0.111. The van der Waals surface area contributed by atoms with Crippen LogP contribution >= 0.6 is 0 Å². The molecule has 0 radical (unpaired) electrons. The Morgan fingerprint density at radius 3 is 2.55 bits per heavy atom. The Hall–Kier alpha value is -2.88. The molecular weight excluding hydrogens is 276 g/mol. The van der Waals surface area contributed by atoms with Crippen LogP contribution in [-0.2, 0) is 9.63 Å². The fourth-order valence-corrected chi connectivity index (χ4v) is 2.20. The quantitative estimate of drug-likeness (QED) is 0.635. The molecule has 0 aliphatic carbocycles. The summed E-state index contributed by atoms with van der Waals surface area (Å²) in [6.07, 6.45) is 11.7. The van der Waals surface area contributed by atoms with Crippen LogP contribution in [0.25, 0.3) is 0 Å². The molecule has 0 spiro atoms. The molecule has 0 atom stereocenters. The normalized spacial score (nSPS) is 18.7. The van der Waals surface area contributed by atoms with Crippen LogP contribution in [0.1, 0.15) is 12.5 Å². The second-order valence-electron chi connectivity index (χ2n) is 4.89. The van der Waals surface area contributed by atoms with Crippen molar-refractivity contribution in [1.82, 2.24) is 4.90 Å². The number of carbonyl (C=O) groups excluding carboxylic acids is 1. The molecule has 110 valence electrons. The van der Waals surface area contributed by atoms with E-state index >= 15 is 0 Å². The molecule has 0 unspecified atom stereocenters. The maximum absolute atomic E-state index is 11.9. The standard InChI is InChI=1S/C18H16N2O2/c1-2-20-12-10-14(11-13-20)8-9-16-17(19-22-18(16)21)15-6-4-3-5-7-15/h3-13H,2H2,1H3/b16-9-. The van der Waals surface area contributed by atoms with E-state index in [4.69, 9.17) is 4.84 Å².